The quantitative estimate of drug-likeness (QED) is 0.425. The summed E-state index contributed by atoms with van der Waals surface area (Å²) in [6.45, 7) is 1.56. The first kappa shape index (κ1) is 8.52. The van der Waals surface area contributed by atoms with Gasteiger partial charge in [-0.2, -0.15) is 0 Å². The summed E-state index contributed by atoms with van der Waals surface area (Å²) >= 11 is 5.26. The van der Waals surface area contributed by atoms with Crippen LogP contribution in [0.2, 0.25) is 0 Å². The molecule has 0 atom stereocenters. The van der Waals surface area contributed by atoms with Gasteiger partial charge in [-0.15, -0.1) is 17.5 Å². The van der Waals surface area contributed by atoms with Gasteiger partial charge in [-0.25, -0.2) is 0 Å². The molecule has 0 aromatic heterocycles. The van der Waals surface area contributed by atoms with Gasteiger partial charge in [-0.05, 0) is 6.92 Å². The fourth-order valence-corrected chi connectivity index (χ4v) is 0.469. The van der Waals surface area contributed by atoms with Crippen LogP contribution in [0.5, 0.6) is 0 Å². The number of hydrogen-bond donors (Lipinski definition) is 0. The third-order valence-electron chi connectivity index (χ3n) is 0.794. The Labute approximate surface area is 60.4 Å². The Morgan fingerprint density at radius 2 is 2.22 bits per heavy atom. The van der Waals surface area contributed by atoms with Gasteiger partial charge in [-0.3, -0.25) is 4.79 Å². The number of Topliss-reactive ketones (excluding diaryl/α,β-unsaturated/α-hetero) is 1. The molecular weight excluding hydrogens is 136 g/mol. The summed E-state index contributed by atoms with van der Waals surface area (Å²) < 4.78 is 0. The van der Waals surface area contributed by atoms with Gasteiger partial charge in [0.15, 0.2) is 0 Å². The summed E-state index contributed by atoms with van der Waals surface area (Å²) in [5.41, 5.74) is 0. The Kier molecular flexibility index (Phi) is 5.35. The van der Waals surface area contributed by atoms with Crippen molar-refractivity contribution in [1.82, 2.24) is 0 Å². The molecule has 1 nitrogen and oxygen atoms in total. The van der Waals surface area contributed by atoms with Crippen LogP contribution in [0.15, 0.2) is 0 Å². The van der Waals surface area contributed by atoms with Crippen molar-refractivity contribution in [3.63, 3.8) is 0 Å². The molecule has 0 amide bonds. The second kappa shape index (κ2) is 5.65. The highest BCUT2D eigenvalue weighted by molar-refractivity contribution is 6.19. The lowest BCUT2D eigenvalue weighted by Gasteiger charge is -1.82. The molecular formula is C7H9ClO. The second-order valence-corrected chi connectivity index (χ2v) is 1.96. The molecule has 0 spiro atoms. The van der Waals surface area contributed by atoms with Crippen molar-refractivity contribution in [2.24, 2.45) is 0 Å². The fourth-order valence-electron chi connectivity index (χ4n) is 0.374. The SMILES string of the molecule is CC(=O)CCC#CCCl. The Morgan fingerprint density at radius 3 is 2.67 bits per heavy atom. The molecule has 9 heavy (non-hydrogen) atoms. The highest BCUT2D eigenvalue weighted by atomic mass is 35.5. The van der Waals surface area contributed by atoms with Gasteiger partial charge >= 0.3 is 0 Å². The van der Waals surface area contributed by atoms with Gasteiger partial charge in [0.25, 0.3) is 0 Å². The topological polar surface area (TPSA) is 17.1 Å². The lowest BCUT2D eigenvalue weighted by atomic mass is 10.2. The molecule has 0 aliphatic rings. The predicted octanol–water partition coefficient (Wildman–Crippen LogP) is 1.60. The summed E-state index contributed by atoms with van der Waals surface area (Å²) in [5.74, 6) is 5.97. The minimum absolute atomic E-state index is 0.180. The highest BCUT2D eigenvalue weighted by Crippen LogP contribution is 1.86. The van der Waals surface area contributed by atoms with E-state index < -0.39 is 0 Å². The van der Waals surface area contributed by atoms with Gasteiger partial charge in [0, 0.05) is 12.8 Å². The van der Waals surface area contributed by atoms with Gasteiger partial charge in [0.05, 0.1) is 5.88 Å². The van der Waals surface area contributed by atoms with Crippen LogP contribution in [0, 0.1) is 11.8 Å². The van der Waals surface area contributed by atoms with Crippen LogP contribution in [-0.2, 0) is 4.79 Å². The summed E-state index contributed by atoms with van der Waals surface area (Å²) in [6.07, 6.45) is 1.19. The number of halogens is 1. The number of hydrogen-bond acceptors (Lipinski definition) is 1. The van der Waals surface area contributed by atoms with Crippen LogP contribution in [-0.4, -0.2) is 11.7 Å². The molecule has 0 aliphatic carbocycles. The number of ketones is 1. The van der Waals surface area contributed by atoms with Gasteiger partial charge < -0.3 is 0 Å². The van der Waals surface area contributed by atoms with Gasteiger partial charge in [-0.1, -0.05) is 5.92 Å². The summed E-state index contributed by atoms with van der Waals surface area (Å²) in [4.78, 5) is 10.3. The largest absolute Gasteiger partial charge is 0.300 e. The fraction of sp³-hybridized carbons (Fsp3) is 0.571. The zero-order valence-electron chi connectivity index (χ0n) is 5.41. The van der Waals surface area contributed by atoms with E-state index in [1.807, 2.05) is 0 Å². The lowest BCUT2D eigenvalue weighted by molar-refractivity contribution is -0.116. The molecule has 0 aromatic carbocycles. The summed E-state index contributed by atoms with van der Waals surface area (Å²) in [7, 11) is 0. The summed E-state index contributed by atoms with van der Waals surface area (Å²) in [6, 6.07) is 0. The van der Waals surface area contributed by atoms with Crippen LogP contribution in [0.1, 0.15) is 19.8 Å². The first-order chi connectivity index (χ1) is 4.27. The van der Waals surface area contributed by atoms with Crippen molar-refractivity contribution in [3.05, 3.63) is 0 Å². The number of alkyl halides is 1. The molecule has 0 saturated heterocycles. The second-order valence-electron chi connectivity index (χ2n) is 1.69. The van der Waals surface area contributed by atoms with E-state index >= 15 is 0 Å². The zero-order valence-corrected chi connectivity index (χ0v) is 6.16. The number of carbonyl (C=O) groups excluding carboxylic acids is 1. The molecule has 0 fully saturated rings. The smallest absolute Gasteiger partial charge is 0.130 e. The molecule has 0 saturated carbocycles. The van der Waals surface area contributed by atoms with Gasteiger partial charge in [0.2, 0.25) is 0 Å². The Balaban J connectivity index is 3.19. The van der Waals surface area contributed by atoms with Crippen molar-refractivity contribution >= 4 is 17.4 Å². The Hall–Kier alpha value is -0.480. The third-order valence-corrected chi connectivity index (χ3v) is 0.928. The van der Waals surface area contributed by atoms with Crippen LogP contribution in [0.4, 0.5) is 0 Å². The average molecular weight is 145 g/mol. The molecule has 0 N–H and O–H groups in total. The van der Waals surface area contributed by atoms with Crippen molar-refractivity contribution in [3.8, 4) is 11.8 Å². The van der Waals surface area contributed by atoms with E-state index in [1.54, 1.807) is 6.92 Å². The zero-order chi connectivity index (χ0) is 7.11. The molecule has 0 unspecified atom stereocenters. The maximum Gasteiger partial charge on any atom is 0.130 e. The van der Waals surface area contributed by atoms with Crippen molar-refractivity contribution in [1.29, 1.82) is 0 Å². The van der Waals surface area contributed by atoms with Crippen LogP contribution >= 0.6 is 11.6 Å². The Morgan fingerprint density at radius 1 is 1.56 bits per heavy atom. The van der Waals surface area contributed by atoms with Crippen molar-refractivity contribution < 1.29 is 4.79 Å². The molecule has 0 radical (unpaired) electrons. The van der Waals surface area contributed by atoms with Crippen molar-refractivity contribution in [2.75, 3.05) is 5.88 Å². The molecule has 50 valence electrons. The molecule has 0 bridgehead atoms. The van der Waals surface area contributed by atoms with E-state index in [4.69, 9.17) is 11.6 Å². The van der Waals surface area contributed by atoms with E-state index in [0.717, 1.165) is 0 Å². The average Bonchev–Trinajstić information content (AvgIpc) is 1.80. The normalized spacial score (nSPS) is 7.78. The Bertz CT molecular complexity index is 141. The number of rotatable bonds is 2. The highest BCUT2D eigenvalue weighted by Gasteiger charge is 1.86. The molecule has 0 rings (SSSR count). The molecule has 2 heteroatoms. The van der Waals surface area contributed by atoms with Crippen LogP contribution in [0.25, 0.3) is 0 Å². The first-order valence-corrected chi connectivity index (χ1v) is 3.32. The maximum absolute atomic E-state index is 10.3. The maximum atomic E-state index is 10.3. The lowest BCUT2D eigenvalue weighted by Crippen LogP contribution is -1.86. The van der Waals surface area contributed by atoms with Crippen LogP contribution < -0.4 is 0 Å². The van der Waals surface area contributed by atoms with Crippen molar-refractivity contribution in [2.45, 2.75) is 19.8 Å². The van der Waals surface area contributed by atoms with E-state index in [-0.39, 0.29) is 5.78 Å². The standard InChI is InChI=1S/C7H9ClO/c1-7(9)5-3-2-4-6-8/h3,5-6H2,1H3. The monoisotopic (exact) mass is 144 g/mol. The molecule has 0 aliphatic heterocycles. The summed E-state index contributed by atoms with van der Waals surface area (Å²) in [5, 5.41) is 0. The van der Waals surface area contributed by atoms with Crippen LogP contribution in [0.3, 0.4) is 0 Å². The predicted molar refractivity (Wildman–Crippen MR) is 38.4 cm³/mol. The molecule has 0 heterocycles. The minimum atomic E-state index is 0.180. The van der Waals surface area contributed by atoms with E-state index in [1.165, 1.54) is 0 Å². The van der Waals surface area contributed by atoms with E-state index in [0.29, 0.717) is 18.7 Å². The first-order valence-electron chi connectivity index (χ1n) is 2.78. The number of carbonyl (C=O) groups is 1. The van der Waals surface area contributed by atoms with E-state index in [9.17, 15) is 4.79 Å². The van der Waals surface area contributed by atoms with E-state index in [2.05, 4.69) is 11.8 Å². The molecule has 0 aromatic rings. The van der Waals surface area contributed by atoms with Gasteiger partial charge in [0.1, 0.15) is 5.78 Å². The third kappa shape index (κ3) is 7.52. The minimum Gasteiger partial charge on any atom is -0.300 e.